The van der Waals surface area contributed by atoms with Gasteiger partial charge in [-0.1, -0.05) is 17.3 Å². The van der Waals surface area contributed by atoms with Crippen LogP contribution in [0.5, 0.6) is 0 Å². The molecule has 0 saturated heterocycles. The smallest absolute Gasteiger partial charge is 0.322 e. The summed E-state index contributed by atoms with van der Waals surface area (Å²) in [5.41, 5.74) is 1.70. The summed E-state index contributed by atoms with van der Waals surface area (Å²) >= 11 is 0. The average molecular weight is 372 g/mol. The fourth-order valence-electron chi connectivity index (χ4n) is 3.08. The normalized spacial score (nSPS) is 16.0. The predicted molar refractivity (Wildman–Crippen MR) is 95.3 cm³/mol. The van der Waals surface area contributed by atoms with E-state index < -0.39 is 5.82 Å². The van der Waals surface area contributed by atoms with Crippen molar-refractivity contribution < 1.29 is 14.0 Å². The van der Waals surface area contributed by atoms with Crippen molar-refractivity contribution in [3.05, 3.63) is 41.5 Å². The summed E-state index contributed by atoms with van der Waals surface area (Å²) < 4.78 is 15.5. The quantitative estimate of drug-likeness (QED) is 0.835. The van der Waals surface area contributed by atoms with Crippen LogP contribution in [0.25, 0.3) is 0 Å². The minimum Gasteiger partial charge on any atom is -0.353 e. The zero-order valence-electron chi connectivity index (χ0n) is 14.8. The van der Waals surface area contributed by atoms with Crippen LogP contribution in [0.2, 0.25) is 0 Å². The number of amides is 3. The van der Waals surface area contributed by atoms with Crippen LogP contribution in [0.4, 0.5) is 14.9 Å². The van der Waals surface area contributed by atoms with E-state index in [1.54, 1.807) is 21.7 Å². The fraction of sp³-hybridized carbons (Fsp3) is 0.444. The van der Waals surface area contributed by atoms with Crippen molar-refractivity contribution in [3.63, 3.8) is 0 Å². The van der Waals surface area contributed by atoms with Crippen LogP contribution in [0, 0.1) is 5.82 Å². The highest BCUT2D eigenvalue weighted by molar-refractivity contribution is 5.89. The van der Waals surface area contributed by atoms with Gasteiger partial charge in [0.15, 0.2) is 0 Å². The number of benzene rings is 1. The molecule has 9 heteroatoms. The van der Waals surface area contributed by atoms with Crippen molar-refractivity contribution in [2.45, 2.75) is 44.8 Å². The van der Waals surface area contributed by atoms with Crippen LogP contribution in [0.1, 0.15) is 30.7 Å². The van der Waals surface area contributed by atoms with Gasteiger partial charge in [-0.3, -0.25) is 4.79 Å². The Hall–Kier alpha value is -2.97. The molecular weight excluding hydrogens is 351 g/mol. The molecule has 27 heavy (non-hydrogen) atoms. The van der Waals surface area contributed by atoms with E-state index in [1.165, 1.54) is 12.1 Å². The number of aryl methyl sites for hydroxylation is 1. The van der Waals surface area contributed by atoms with Gasteiger partial charge in [-0.05, 0) is 25.0 Å². The number of hydrogen-bond donors (Lipinski definition) is 2. The third-order valence-electron chi connectivity index (χ3n) is 4.77. The summed E-state index contributed by atoms with van der Waals surface area (Å²) in [4.78, 5) is 26.0. The Balaban J connectivity index is 1.38. The molecule has 0 spiro atoms. The van der Waals surface area contributed by atoms with Gasteiger partial charge >= 0.3 is 6.03 Å². The van der Waals surface area contributed by atoms with Gasteiger partial charge in [0, 0.05) is 25.4 Å². The molecule has 1 aromatic heterocycles. The Bertz CT molecular complexity index is 863. The monoisotopic (exact) mass is 372 g/mol. The number of nitrogens with one attached hydrogen (secondary N) is 2. The Labute approximate surface area is 155 Å². The van der Waals surface area contributed by atoms with Crippen molar-refractivity contribution in [2.24, 2.45) is 0 Å². The Morgan fingerprint density at radius 2 is 2.04 bits per heavy atom. The summed E-state index contributed by atoms with van der Waals surface area (Å²) in [6.45, 7) is 1.30. The molecular formula is C18H21FN6O2. The maximum atomic E-state index is 13.7. The lowest BCUT2D eigenvalue weighted by molar-refractivity contribution is -0.121. The van der Waals surface area contributed by atoms with Crippen molar-refractivity contribution in [2.75, 3.05) is 11.9 Å². The van der Waals surface area contributed by atoms with E-state index in [-0.39, 0.29) is 17.6 Å². The first-order valence-corrected chi connectivity index (χ1v) is 9.11. The second-order valence-electron chi connectivity index (χ2n) is 6.88. The highest BCUT2D eigenvalue weighted by Gasteiger charge is 2.26. The van der Waals surface area contributed by atoms with Gasteiger partial charge in [0.2, 0.25) is 5.91 Å². The topological polar surface area (TPSA) is 92.2 Å². The number of aromatic nitrogens is 3. The van der Waals surface area contributed by atoms with Crippen molar-refractivity contribution in [1.29, 1.82) is 0 Å². The van der Waals surface area contributed by atoms with Crippen LogP contribution < -0.4 is 10.6 Å². The molecule has 0 unspecified atom stereocenters. The van der Waals surface area contributed by atoms with E-state index in [9.17, 15) is 14.0 Å². The number of nitrogens with zero attached hydrogens (tertiary/aromatic N) is 4. The number of urea groups is 1. The average Bonchev–Trinajstić information content (AvgIpc) is 3.38. The molecule has 1 fully saturated rings. The lowest BCUT2D eigenvalue weighted by atomic mass is 10.1. The SMILES string of the molecule is O=C(CCc1nnn2c1CN(C(=O)Nc1ccccc1F)CC2)NC1CC1. The van der Waals surface area contributed by atoms with Crippen LogP contribution >= 0.6 is 0 Å². The van der Waals surface area contributed by atoms with E-state index >= 15 is 0 Å². The van der Waals surface area contributed by atoms with Gasteiger partial charge in [-0.25, -0.2) is 13.9 Å². The van der Waals surface area contributed by atoms with Crippen molar-refractivity contribution in [3.8, 4) is 0 Å². The number of hydrogen-bond acceptors (Lipinski definition) is 4. The molecule has 0 bridgehead atoms. The van der Waals surface area contributed by atoms with Crippen LogP contribution in [-0.2, 0) is 24.3 Å². The first-order chi connectivity index (χ1) is 13.1. The molecule has 3 amide bonds. The molecule has 2 N–H and O–H groups in total. The summed E-state index contributed by atoms with van der Waals surface area (Å²) in [5.74, 6) is -0.457. The van der Waals surface area contributed by atoms with E-state index in [2.05, 4.69) is 20.9 Å². The molecule has 0 radical (unpaired) electrons. The molecule has 8 nitrogen and oxygen atoms in total. The number of rotatable bonds is 5. The molecule has 2 aromatic rings. The molecule has 2 aliphatic rings. The second-order valence-corrected chi connectivity index (χ2v) is 6.88. The first-order valence-electron chi connectivity index (χ1n) is 9.11. The number of carbonyl (C=O) groups excluding carboxylic acids is 2. The van der Waals surface area contributed by atoms with Gasteiger partial charge in [-0.2, -0.15) is 0 Å². The highest BCUT2D eigenvalue weighted by Crippen LogP contribution is 2.20. The molecule has 142 valence electrons. The van der Waals surface area contributed by atoms with E-state index in [0.717, 1.165) is 24.2 Å². The summed E-state index contributed by atoms with van der Waals surface area (Å²) in [6, 6.07) is 6.03. The number of fused-ring (bicyclic) bond motifs is 1. The van der Waals surface area contributed by atoms with Gasteiger partial charge in [0.25, 0.3) is 0 Å². The second kappa shape index (κ2) is 7.34. The minimum atomic E-state index is -0.475. The zero-order valence-corrected chi connectivity index (χ0v) is 14.8. The Kier molecular flexibility index (Phi) is 4.74. The lowest BCUT2D eigenvalue weighted by Gasteiger charge is -2.28. The van der Waals surface area contributed by atoms with Crippen LogP contribution in [0.15, 0.2) is 24.3 Å². The number of para-hydroxylation sites is 1. The maximum absolute atomic E-state index is 13.7. The summed E-state index contributed by atoms with van der Waals surface area (Å²) in [7, 11) is 0. The maximum Gasteiger partial charge on any atom is 0.322 e. The molecule has 1 aliphatic carbocycles. The number of halogens is 1. The molecule has 0 atom stereocenters. The summed E-state index contributed by atoms with van der Waals surface area (Å²) in [6.07, 6.45) is 2.94. The van der Waals surface area contributed by atoms with Gasteiger partial charge < -0.3 is 15.5 Å². The van der Waals surface area contributed by atoms with E-state index in [1.807, 2.05) is 0 Å². The Morgan fingerprint density at radius 3 is 2.81 bits per heavy atom. The highest BCUT2D eigenvalue weighted by atomic mass is 19.1. The number of carbonyl (C=O) groups is 2. The molecule has 1 aromatic carbocycles. The van der Waals surface area contributed by atoms with Crippen molar-refractivity contribution >= 4 is 17.6 Å². The van der Waals surface area contributed by atoms with Crippen LogP contribution in [-0.4, -0.2) is 44.4 Å². The molecule has 1 saturated carbocycles. The van der Waals surface area contributed by atoms with Gasteiger partial charge in [-0.15, -0.1) is 5.10 Å². The zero-order chi connectivity index (χ0) is 18.8. The first kappa shape index (κ1) is 17.4. The minimum absolute atomic E-state index is 0.0178. The lowest BCUT2D eigenvalue weighted by Crippen LogP contribution is -2.41. The largest absolute Gasteiger partial charge is 0.353 e. The third-order valence-corrected chi connectivity index (χ3v) is 4.77. The van der Waals surface area contributed by atoms with Gasteiger partial charge in [0.1, 0.15) is 5.82 Å². The third kappa shape index (κ3) is 4.07. The van der Waals surface area contributed by atoms with Crippen LogP contribution in [0.3, 0.4) is 0 Å². The standard InChI is InChI=1S/C18H21FN6O2/c19-13-3-1-2-4-14(13)21-18(27)24-9-10-25-16(11-24)15(22-23-25)7-8-17(26)20-12-5-6-12/h1-4,12H,5-11H2,(H,20,26)(H,21,27). The molecule has 4 rings (SSSR count). The molecule has 1 aliphatic heterocycles. The van der Waals surface area contributed by atoms with Crippen molar-refractivity contribution in [1.82, 2.24) is 25.2 Å². The van der Waals surface area contributed by atoms with E-state index in [0.29, 0.717) is 38.5 Å². The molecule has 2 heterocycles. The number of anilines is 1. The fourth-order valence-corrected chi connectivity index (χ4v) is 3.08. The Morgan fingerprint density at radius 1 is 1.22 bits per heavy atom. The predicted octanol–water partition coefficient (Wildman–Crippen LogP) is 1.68. The van der Waals surface area contributed by atoms with E-state index in [4.69, 9.17) is 0 Å². The summed E-state index contributed by atoms with van der Waals surface area (Å²) in [5, 5.41) is 13.8. The van der Waals surface area contributed by atoms with Gasteiger partial charge in [0.05, 0.1) is 30.2 Å².